The topological polar surface area (TPSA) is 33.2 Å². The fourth-order valence-corrected chi connectivity index (χ4v) is 3.27. The minimum absolute atomic E-state index is 0.200. The molecule has 0 radical (unpaired) electrons. The molecule has 0 aliphatic rings. The van der Waals surface area contributed by atoms with Gasteiger partial charge in [-0.1, -0.05) is 27.7 Å². The van der Waals surface area contributed by atoms with Gasteiger partial charge in [0.05, 0.1) is 10.7 Å². The molecule has 1 amide bonds. The molecule has 0 aliphatic carbocycles. The molecule has 1 atom stereocenters. The second kappa shape index (κ2) is 7.04. The number of aromatic nitrogens is 1. The summed E-state index contributed by atoms with van der Waals surface area (Å²) in [5.74, 6) is 1.58. The molecule has 0 bridgehead atoms. The van der Waals surface area contributed by atoms with E-state index in [-0.39, 0.29) is 5.91 Å². The van der Waals surface area contributed by atoms with Crippen molar-refractivity contribution in [1.29, 1.82) is 0 Å². The van der Waals surface area contributed by atoms with Crippen LogP contribution in [0.25, 0.3) is 0 Å². The lowest BCUT2D eigenvalue weighted by Gasteiger charge is -2.19. The van der Waals surface area contributed by atoms with Gasteiger partial charge in [-0.05, 0) is 18.3 Å². The Morgan fingerprint density at radius 1 is 1.32 bits per heavy atom. The summed E-state index contributed by atoms with van der Waals surface area (Å²) in [7, 11) is 3.62. The van der Waals surface area contributed by atoms with Crippen molar-refractivity contribution in [2.75, 3.05) is 14.1 Å². The van der Waals surface area contributed by atoms with Gasteiger partial charge >= 0.3 is 0 Å². The average Bonchev–Trinajstić information content (AvgIpc) is 2.77. The number of amides is 1. The minimum atomic E-state index is 0.200. The van der Waals surface area contributed by atoms with Crippen LogP contribution < -0.4 is 0 Å². The Morgan fingerprint density at radius 3 is 2.37 bits per heavy atom. The summed E-state index contributed by atoms with van der Waals surface area (Å²) in [5, 5.41) is 3.34. The second-order valence-electron chi connectivity index (χ2n) is 5.94. The van der Waals surface area contributed by atoms with Gasteiger partial charge in [0.1, 0.15) is 0 Å². The van der Waals surface area contributed by atoms with Crippen LogP contribution in [0.15, 0.2) is 5.38 Å². The van der Waals surface area contributed by atoms with Gasteiger partial charge in [0.2, 0.25) is 5.91 Å². The Bertz CT molecular complexity index is 410. The Labute approximate surface area is 121 Å². The van der Waals surface area contributed by atoms with E-state index < -0.39 is 0 Å². The highest BCUT2D eigenvalue weighted by Crippen LogP contribution is 2.32. The third kappa shape index (κ3) is 4.60. The monoisotopic (exact) mass is 282 g/mol. The van der Waals surface area contributed by atoms with Crippen molar-refractivity contribution < 1.29 is 4.79 Å². The van der Waals surface area contributed by atoms with Crippen molar-refractivity contribution in [3.05, 3.63) is 16.1 Å². The zero-order valence-electron chi connectivity index (χ0n) is 12.9. The normalized spacial score (nSPS) is 13.1. The quantitative estimate of drug-likeness (QED) is 0.793. The van der Waals surface area contributed by atoms with Crippen LogP contribution in [-0.2, 0) is 4.79 Å². The van der Waals surface area contributed by atoms with Gasteiger partial charge in [-0.15, -0.1) is 11.3 Å². The SMILES string of the molecule is CC(C)c1csc(C(CCC(=O)N(C)C)C(C)C)n1. The van der Waals surface area contributed by atoms with Crippen LogP contribution in [0, 0.1) is 5.92 Å². The van der Waals surface area contributed by atoms with Gasteiger partial charge in [0.25, 0.3) is 0 Å². The fraction of sp³-hybridized carbons (Fsp3) is 0.733. The summed E-state index contributed by atoms with van der Waals surface area (Å²) in [6.45, 7) is 8.75. The van der Waals surface area contributed by atoms with Gasteiger partial charge in [0.15, 0.2) is 0 Å². The van der Waals surface area contributed by atoms with Gasteiger partial charge in [-0.25, -0.2) is 4.98 Å². The number of hydrogen-bond acceptors (Lipinski definition) is 3. The molecule has 0 N–H and O–H groups in total. The predicted octanol–water partition coefficient (Wildman–Crippen LogP) is 3.87. The molecule has 0 fully saturated rings. The van der Waals surface area contributed by atoms with E-state index in [4.69, 9.17) is 4.98 Å². The summed E-state index contributed by atoms with van der Waals surface area (Å²) >= 11 is 1.74. The Hall–Kier alpha value is -0.900. The van der Waals surface area contributed by atoms with Crippen LogP contribution in [0.4, 0.5) is 0 Å². The van der Waals surface area contributed by atoms with Crippen molar-refractivity contribution in [2.45, 2.75) is 52.4 Å². The van der Waals surface area contributed by atoms with Crippen molar-refractivity contribution in [1.82, 2.24) is 9.88 Å². The first-order valence-electron chi connectivity index (χ1n) is 6.98. The molecule has 0 saturated heterocycles. The number of carbonyl (C=O) groups excluding carboxylic acids is 1. The highest BCUT2D eigenvalue weighted by Gasteiger charge is 2.21. The molecule has 1 aromatic rings. The maximum absolute atomic E-state index is 11.7. The average molecular weight is 282 g/mol. The Morgan fingerprint density at radius 2 is 1.95 bits per heavy atom. The van der Waals surface area contributed by atoms with E-state index in [1.165, 1.54) is 10.7 Å². The molecular weight excluding hydrogens is 256 g/mol. The molecule has 0 aliphatic heterocycles. The number of nitrogens with zero attached hydrogens (tertiary/aromatic N) is 2. The molecule has 1 unspecified atom stereocenters. The minimum Gasteiger partial charge on any atom is -0.349 e. The smallest absolute Gasteiger partial charge is 0.222 e. The van der Waals surface area contributed by atoms with E-state index in [2.05, 4.69) is 33.1 Å². The standard InChI is InChI=1S/C15H26N2OS/c1-10(2)12(7-8-14(18)17(5)6)15-16-13(9-19-15)11(3)4/h9-12H,7-8H2,1-6H3. The molecule has 1 aromatic heterocycles. The first-order valence-corrected chi connectivity index (χ1v) is 7.86. The van der Waals surface area contributed by atoms with Crippen LogP contribution in [0.2, 0.25) is 0 Å². The zero-order valence-corrected chi connectivity index (χ0v) is 13.8. The van der Waals surface area contributed by atoms with Crippen LogP contribution in [-0.4, -0.2) is 29.9 Å². The fourth-order valence-electron chi connectivity index (χ4n) is 1.98. The summed E-state index contributed by atoms with van der Waals surface area (Å²) in [6, 6.07) is 0. The summed E-state index contributed by atoms with van der Waals surface area (Å²) in [4.78, 5) is 18.1. The predicted molar refractivity (Wildman–Crippen MR) is 81.7 cm³/mol. The lowest BCUT2D eigenvalue weighted by atomic mass is 9.91. The van der Waals surface area contributed by atoms with Gasteiger partial charge in [-0.2, -0.15) is 0 Å². The van der Waals surface area contributed by atoms with Crippen molar-refractivity contribution >= 4 is 17.2 Å². The van der Waals surface area contributed by atoms with E-state index in [1.54, 1.807) is 16.2 Å². The van der Waals surface area contributed by atoms with Gasteiger partial charge < -0.3 is 4.90 Å². The molecule has 0 aromatic carbocycles. The Balaban J connectivity index is 2.74. The van der Waals surface area contributed by atoms with E-state index in [1.807, 2.05) is 14.1 Å². The zero-order chi connectivity index (χ0) is 14.6. The van der Waals surface area contributed by atoms with Crippen LogP contribution in [0.5, 0.6) is 0 Å². The molecular formula is C15H26N2OS. The lowest BCUT2D eigenvalue weighted by molar-refractivity contribution is -0.128. The molecule has 4 heteroatoms. The third-order valence-corrected chi connectivity index (χ3v) is 4.42. The van der Waals surface area contributed by atoms with Crippen molar-refractivity contribution in [3.8, 4) is 0 Å². The maximum Gasteiger partial charge on any atom is 0.222 e. The van der Waals surface area contributed by atoms with E-state index >= 15 is 0 Å². The van der Waals surface area contributed by atoms with Gasteiger partial charge in [-0.3, -0.25) is 4.79 Å². The molecule has 0 saturated carbocycles. The molecule has 1 rings (SSSR count). The molecule has 19 heavy (non-hydrogen) atoms. The first-order chi connectivity index (χ1) is 8.82. The maximum atomic E-state index is 11.7. The summed E-state index contributed by atoms with van der Waals surface area (Å²) in [5.41, 5.74) is 1.17. The highest BCUT2D eigenvalue weighted by molar-refractivity contribution is 7.09. The second-order valence-corrected chi connectivity index (χ2v) is 6.83. The number of rotatable bonds is 6. The van der Waals surface area contributed by atoms with Crippen molar-refractivity contribution in [3.63, 3.8) is 0 Å². The third-order valence-electron chi connectivity index (χ3n) is 3.42. The van der Waals surface area contributed by atoms with Gasteiger partial charge in [0, 0.05) is 31.8 Å². The highest BCUT2D eigenvalue weighted by atomic mass is 32.1. The largest absolute Gasteiger partial charge is 0.349 e. The van der Waals surface area contributed by atoms with Crippen molar-refractivity contribution in [2.24, 2.45) is 5.92 Å². The van der Waals surface area contributed by atoms with E-state index in [0.717, 1.165) is 6.42 Å². The van der Waals surface area contributed by atoms with E-state index in [9.17, 15) is 4.79 Å². The van der Waals surface area contributed by atoms with Crippen LogP contribution in [0.1, 0.15) is 63.1 Å². The number of hydrogen-bond donors (Lipinski definition) is 0. The first kappa shape index (κ1) is 16.2. The number of thiazole rings is 1. The summed E-state index contributed by atoms with van der Waals surface area (Å²) in [6.07, 6.45) is 1.49. The molecule has 1 heterocycles. The van der Waals surface area contributed by atoms with Crippen LogP contribution in [0.3, 0.4) is 0 Å². The lowest BCUT2D eigenvalue weighted by Crippen LogP contribution is -2.22. The van der Waals surface area contributed by atoms with Crippen LogP contribution >= 0.6 is 11.3 Å². The summed E-state index contributed by atoms with van der Waals surface area (Å²) < 4.78 is 0. The van der Waals surface area contributed by atoms with E-state index in [0.29, 0.717) is 24.2 Å². The molecule has 0 spiro atoms. The molecule has 3 nitrogen and oxygen atoms in total. The number of carbonyl (C=O) groups is 1. The Kier molecular flexibility index (Phi) is 5.98. The molecule has 108 valence electrons.